The maximum absolute atomic E-state index is 3.65. The minimum Gasteiger partial charge on any atom is -0.308 e. The maximum atomic E-state index is 3.65. The normalized spacial score (nSPS) is 12.6. The van der Waals surface area contributed by atoms with Gasteiger partial charge in [-0.05, 0) is 37.4 Å². The summed E-state index contributed by atoms with van der Waals surface area (Å²) in [7, 11) is 4.22. The molecule has 0 heterocycles. The van der Waals surface area contributed by atoms with Gasteiger partial charge in [-0.15, -0.1) is 0 Å². The van der Waals surface area contributed by atoms with Gasteiger partial charge in [-0.1, -0.05) is 58.4 Å². The highest BCUT2D eigenvalue weighted by Crippen LogP contribution is 2.15. The van der Waals surface area contributed by atoms with Gasteiger partial charge in [0, 0.05) is 23.6 Å². The summed E-state index contributed by atoms with van der Waals surface area (Å²) in [5.41, 5.74) is 2.63. The molecule has 3 heteroatoms. The first kappa shape index (κ1) is 15.2. The summed E-state index contributed by atoms with van der Waals surface area (Å²) in [4.78, 5) is 2.21. The zero-order valence-electron chi connectivity index (χ0n) is 12.0. The summed E-state index contributed by atoms with van der Waals surface area (Å²) >= 11 is 3.47. The van der Waals surface area contributed by atoms with Crippen molar-refractivity contribution in [3.8, 4) is 0 Å². The lowest BCUT2D eigenvalue weighted by Gasteiger charge is -2.23. The second-order valence-corrected chi connectivity index (χ2v) is 6.15. The Labute approximate surface area is 129 Å². The second kappa shape index (κ2) is 7.58. The Hall–Kier alpha value is -1.16. The molecule has 0 bridgehead atoms. The van der Waals surface area contributed by atoms with Crippen LogP contribution >= 0.6 is 15.9 Å². The molecular weight excluding hydrogens is 312 g/mol. The third-order valence-corrected chi connectivity index (χ3v) is 3.74. The van der Waals surface area contributed by atoms with E-state index >= 15 is 0 Å². The lowest BCUT2D eigenvalue weighted by Crippen LogP contribution is -2.30. The molecule has 0 radical (unpaired) electrons. The van der Waals surface area contributed by atoms with Gasteiger partial charge in [0.1, 0.15) is 0 Å². The summed E-state index contributed by atoms with van der Waals surface area (Å²) in [6.45, 7) is 1.86. The molecule has 106 valence electrons. The van der Waals surface area contributed by atoms with Crippen LogP contribution in [0.5, 0.6) is 0 Å². The van der Waals surface area contributed by atoms with Crippen molar-refractivity contribution in [1.29, 1.82) is 0 Å². The summed E-state index contributed by atoms with van der Waals surface area (Å²) in [6.07, 6.45) is 0. The van der Waals surface area contributed by atoms with Crippen LogP contribution in [0.2, 0.25) is 0 Å². The standard InChI is InChI=1S/C17H21BrN2/c1-20(2)13-17(15-6-4-3-5-7-15)19-12-14-8-10-16(18)11-9-14/h3-11,17,19H,12-13H2,1-2H3. The molecule has 2 aromatic rings. The van der Waals surface area contributed by atoms with Crippen LogP contribution in [-0.2, 0) is 6.54 Å². The lowest BCUT2D eigenvalue weighted by molar-refractivity contribution is 0.340. The van der Waals surface area contributed by atoms with Gasteiger partial charge in [0.25, 0.3) is 0 Å². The van der Waals surface area contributed by atoms with E-state index < -0.39 is 0 Å². The first-order valence-corrected chi connectivity index (χ1v) is 7.62. The number of hydrogen-bond acceptors (Lipinski definition) is 2. The first-order chi connectivity index (χ1) is 9.65. The molecule has 0 aliphatic carbocycles. The fourth-order valence-electron chi connectivity index (χ4n) is 2.18. The highest BCUT2D eigenvalue weighted by atomic mass is 79.9. The highest BCUT2D eigenvalue weighted by molar-refractivity contribution is 9.10. The van der Waals surface area contributed by atoms with Crippen LogP contribution in [0.1, 0.15) is 17.2 Å². The van der Waals surface area contributed by atoms with Gasteiger partial charge in [0.05, 0.1) is 0 Å². The molecule has 0 spiro atoms. The number of benzene rings is 2. The van der Waals surface area contributed by atoms with Crippen molar-refractivity contribution < 1.29 is 0 Å². The van der Waals surface area contributed by atoms with Crippen LogP contribution in [0.25, 0.3) is 0 Å². The molecule has 2 aromatic carbocycles. The number of nitrogens with one attached hydrogen (secondary N) is 1. The summed E-state index contributed by atoms with van der Waals surface area (Å²) in [5, 5.41) is 3.65. The fourth-order valence-corrected chi connectivity index (χ4v) is 2.45. The molecule has 0 fully saturated rings. The van der Waals surface area contributed by atoms with Gasteiger partial charge in [-0.25, -0.2) is 0 Å². The van der Waals surface area contributed by atoms with E-state index in [0.717, 1.165) is 17.6 Å². The molecule has 1 unspecified atom stereocenters. The molecule has 0 amide bonds. The summed E-state index contributed by atoms with van der Waals surface area (Å²) in [5.74, 6) is 0. The Morgan fingerprint density at radius 3 is 2.25 bits per heavy atom. The van der Waals surface area contributed by atoms with Crippen molar-refractivity contribution in [2.24, 2.45) is 0 Å². The van der Waals surface area contributed by atoms with E-state index in [0.29, 0.717) is 6.04 Å². The third kappa shape index (κ3) is 4.75. The lowest BCUT2D eigenvalue weighted by atomic mass is 10.1. The van der Waals surface area contributed by atoms with Gasteiger partial charge in [0.15, 0.2) is 0 Å². The Balaban J connectivity index is 2.03. The van der Waals surface area contributed by atoms with Crippen LogP contribution in [0.15, 0.2) is 59.1 Å². The van der Waals surface area contributed by atoms with Crippen LogP contribution in [-0.4, -0.2) is 25.5 Å². The molecule has 2 nitrogen and oxygen atoms in total. The van der Waals surface area contributed by atoms with Gasteiger partial charge in [-0.3, -0.25) is 0 Å². The number of rotatable bonds is 6. The smallest absolute Gasteiger partial charge is 0.0451 e. The van der Waals surface area contributed by atoms with E-state index in [2.05, 4.69) is 94.8 Å². The van der Waals surface area contributed by atoms with E-state index in [-0.39, 0.29) is 0 Å². The van der Waals surface area contributed by atoms with Crippen molar-refractivity contribution in [2.75, 3.05) is 20.6 Å². The molecule has 20 heavy (non-hydrogen) atoms. The van der Waals surface area contributed by atoms with Gasteiger partial charge < -0.3 is 10.2 Å². The SMILES string of the molecule is CN(C)CC(NCc1ccc(Br)cc1)c1ccccc1. The molecular formula is C17H21BrN2. The summed E-state index contributed by atoms with van der Waals surface area (Å²) in [6, 6.07) is 19.4. The van der Waals surface area contributed by atoms with Crippen LogP contribution in [0, 0.1) is 0 Å². The van der Waals surface area contributed by atoms with E-state index in [4.69, 9.17) is 0 Å². The largest absolute Gasteiger partial charge is 0.308 e. The topological polar surface area (TPSA) is 15.3 Å². The van der Waals surface area contributed by atoms with Gasteiger partial charge >= 0.3 is 0 Å². The van der Waals surface area contributed by atoms with Crippen molar-refractivity contribution in [3.63, 3.8) is 0 Å². The molecule has 1 N–H and O–H groups in total. The second-order valence-electron chi connectivity index (χ2n) is 5.23. The molecule has 0 saturated heterocycles. The number of halogens is 1. The Morgan fingerprint density at radius 1 is 1.00 bits per heavy atom. The Morgan fingerprint density at radius 2 is 1.65 bits per heavy atom. The van der Waals surface area contributed by atoms with E-state index in [1.807, 2.05) is 0 Å². The van der Waals surface area contributed by atoms with Crippen molar-refractivity contribution >= 4 is 15.9 Å². The maximum Gasteiger partial charge on any atom is 0.0451 e. The summed E-state index contributed by atoms with van der Waals surface area (Å²) < 4.78 is 1.12. The van der Waals surface area contributed by atoms with E-state index in [1.165, 1.54) is 11.1 Å². The van der Waals surface area contributed by atoms with Crippen molar-refractivity contribution in [2.45, 2.75) is 12.6 Å². The van der Waals surface area contributed by atoms with Crippen LogP contribution in [0.3, 0.4) is 0 Å². The predicted molar refractivity (Wildman–Crippen MR) is 88.7 cm³/mol. The molecule has 0 aliphatic rings. The fraction of sp³-hybridized carbons (Fsp3) is 0.294. The molecule has 1 atom stereocenters. The van der Waals surface area contributed by atoms with Crippen molar-refractivity contribution in [1.82, 2.24) is 10.2 Å². The minimum absolute atomic E-state index is 0.342. The minimum atomic E-state index is 0.342. The van der Waals surface area contributed by atoms with Crippen molar-refractivity contribution in [3.05, 3.63) is 70.2 Å². The van der Waals surface area contributed by atoms with E-state index in [1.54, 1.807) is 0 Å². The molecule has 0 aliphatic heterocycles. The predicted octanol–water partition coefficient (Wildman–Crippen LogP) is 3.84. The average Bonchev–Trinajstić information content (AvgIpc) is 2.46. The number of hydrogen-bond donors (Lipinski definition) is 1. The zero-order chi connectivity index (χ0) is 14.4. The molecule has 0 saturated carbocycles. The average molecular weight is 333 g/mol. The zero-order valence-corrected chi connectivity index (χ0v) is 13.6. The number of nitrogens with zero attached hydrogens (tertiary/aromatic N) is 1. The van der Waals surface area contributed by atoms with Gasteiger partial charge in [0.2, 0.25) is 0 Å². The van der Waals surface area contributed by atoms with Crippen LogP contribution < -0.4 is 5.32 Å². The van der Waals surface area contributed by atoms with Crippen LogP contribution in [0.4, 0.5) is 0 Å². The third-order valence-electron chi connectivity index (χ3n) is 3.22. The monoisotopic (exact) mass is 332 g/mol. The highest BCUT2D eigenvalue weighted by Gasteiger charge is 2.11. The Bertz CT molecular complexity index is 508. The van der Waals surface area contributed by atoms with E-state index in [9.17, 15) is 0 Å². The molecule has 2 rings (SSSR count). The van der Waals surface area contributed by atoms with Gasteiger partial charge in [-0.2, -0.15) is 0 Å². The molecule has 0 aromatic heterocycles. The first-order valence-electron chi connectivity index (χ1n) is 6.82. The quantitative estimate of drug-likeness (QED) is 0.864. The Kier molecular flexibility index (Phi) is 5.77. The number of likely N-dealkylation sites (N-methyl/N-ethyl adjacent to an activating group) is 1.